The third kappa shape index (κ3) is 4.61. The van der Waals surface area contributed by atoms with E-state index in [-0.39, 0.29) is 5.76 Å². The highest BCUT2D eigenvalue weighted by atomic mass is 16.4. The summed E-state index contributed by atoms with van der Waals surface area (Å²) in [5, 5.41) is 12.1. The minimum atomic E-state index is -1.01. The van der Waals surface area contributed by atoms with Gasteiger partial charge in [-0.25, -0.2) is 4.79 Å². The first-order valence-electron chi connectivity index (χ1n) is 5.83. The monoisotopic (exact) mass is 239 g/mol. The number of carboxylic acid groups (broad SMARTS) is 1. The summed E-state index contributed by atoms with van der Waals surface area (Å²) in [6, 6.07) is 1.77. The van der Waals surface area contributed by atoms with Crippen LogP contribution in [0.1, 0.15) is 49.1 Å². The van der Waals surface area contributed by atoms with Crippen LogP contribution >= 0.6 is 0 Å². The van der Waals surface area contributed by atoms with Gasteiger partial charge >= 0.3 is 5.97 Å². The van der Waals surface area contributed by atoms with E-state index in [1.165, 1.54) is 0 Å². The number of carboxylic acids is 1. The van der Waals surface area contributed by atoms with E-state index in [1.54, 1.807) is 13.0 Å². The van der Waals surface area contributed by atoms with Gasteiger partial charge in [0.05, 0.1) is 6.54 Å². The van der Waals surface area contributed by atoms with Crippen LogP contribution in [0.15, 0.2) is 10.5 Å². The van der Waals surface area contributed by atoms with Crippen molar-refractivity contribution in [3.8, 4) is 0 Å². The van der Waals surface area contributed by atoms with Gasteiger partial charge in [-0.1, -0.05) is 20.8 Å². The fourth-order valence-corrected chi connectivity index (χ4v) is 1.52. The summed E-state index contributed by atoms with van der Waals surface area (Å²) >= 11 is 0. The van der Waals surface area contributed by atoms with Crippen molar-refractivity contribution in [2.45, 2.75) is 40.7 Å². The molecule has 1 rings (SSSR count). The van der Waals surface area contributed by atoms with E-state index >= 15 is 0 Å². The van der Waals surface area contributed by atoms with Crippen molar-refractivity contribution in [1.82, 2.24) is 5.32 Å². The molecule has 0 saturated carbocycles. The molecule has 2 N–H and O–H groups in total. The third-order valence-electron chi connectivity index (χ3n) is 2.51. The lowest BCUT2D eigenvalue weighted by Crippen LogP contribution is -2.19. The highest BCUT2D eigenvalue weighted by Gasteiger charge is 2.14. The largest absolute Gasteiger partial charge is 0.475 e. The molecule has 1 heterocycles. The van der Waals surface area contributed by atoms with Gasteiger partial charge in [-0.3, -0.25) is 0 Å². The molecular formula is C13H21NO3. The fourth-order valence-electron chi connectivity index (χ4n) is 1.52. The topological polar surface area (TPSA) is 62.5 Å². The lowest BCUT2D eigenvalue weighted by atomic mass is 9.92. The molecule has 0 unspecified atom stereocenters. The first-order valence-corrected chi connectivity index (χ1v) is 5.83. The number of nitrogens with one attached hydrogen (secondary N) is 1. The molecule has 0 fully saturated rings. The van der Waals surface area contributed by atoms with Gasteiger partial charge < -0.3 is 14.8 Å². The van der Waals surface area contributed by atoms with Gasteiger partial charge in [-0.15, -0.1) is 0 Å². The van der Waals surface area contributed by atoms with Crippen LogP contribution in [-0.2, 0) is 6.54 Å². The average Bonchev–Trinajstić information content (AvgIpc) is 2.53. The molecule has 0 spiro atoms. The Morgan fingerprint density at radius 1 is 1.47 bits per heavy atom. The molecule has 1 aromatic rings. The Hall–Kier alpha value is -1.29. The van der Waals surface area contributed by atoms with Gasteiger partial charge in [0, 0.05) is 5.56 Å². The number of carbonyl (C=O) groups is 1. The summed E-state index contributed by atoms with van der Waals surface area (Å²) in [6.07, 6.45) is 1.07. The van der Waals surface area contributed by atoms with Crippen molar-refractivity contribution in [2.24, 2.45) is 5.41 Å². The van der Waals surface area contributed by atoms with E-state index < -0.39 is 5.97 Å². The molecule has 0 aliphatic heterocycles. The summed E-state index contributed by atoms with van der Waals surface area (Å²) in [5.74, 6) is -0.296. The van der Waals surface area contributed by atoms with Crippen molar-refractivity contribution in [3.05, 3.63) is 23.2 Å². The van der Waals surface area contributed by atoms with Gasteiger partial charge in [-0.2, -0.15) is 0 Å². The van der Waals surface area contributed by atoms with Crippen LogP contribution in [0.5, 0.6) is 0 Å². The van der Waals surface area contributed by atoms with Crippen molar-refractivity contribution in [2.75, 3.05) is 6.54 Å². The number of hydrogen-bond donors (Lipinski definition) is 2. The average molecular weight is 239 g/mol. The SMILES string of the molecule is Cc1cc(CNCCC(C)(C)C)oc1C(=O)O. The van der Waals surface area contributed by atoms with Crippen molar-refractivity contribution in [1.29, 1.82) is 0 Å². The van der Waals surface area contributed by atoms with E-state index in [4.69, 9.17) is 9.52 Å². The van der Waals surface area contributed by atoms with Gasteiger partial charge in [-0.05, 0) is 31.4 Å². The lowest BCUT2D eigenvalue weighted by molar-refractivity contribution is 0.0659. The van der Waals surface area contributed by atoms with Crippen LogP contribution in [0.25, 0.3) is 0 Å². The second kappa shape index (κ2) is 5.36. The maximum atomic E-state index is 10.8. The second-order valence-corrected chi connectivity index (χ2v) is 5.52. The number of furan rings is 1. The van der Waals surface area contributed by atoms with Crippen LogP contribution in [0.4, 0.5) is 0 Å². The number of hydrogen-bond acceptors (Lipinski definition) is 3. The zero-order chi connectivity index (χ0) is 13.1. The van der Waals surface area contributed by atoms with Crippen LogP contribution in [0, 0.1) is 12.3 Å². The molecule has 0 aliphatic rings. The molecular weight excluding hydrogens is 218 g/mol. The molecule has 4 heteroatoms. The normalized spacial score (nSPS) is 11.8. The van der Waals surface area contributed by atoms with Crippen molar-refractivity contribution in [3.63, 3.8) is 0 Å². The van der Waals surface area contributed by atoms with Crippen LogP contribution < -0.4 is 5.32 Å². The molecule has 0 aliphatic carbocycles. The molecule has 4 nitrogen and oxygen atoms in total. The van der Waals surface area contributed by atoms with E-state index in [0.29, 0.717) is 23.3 Å². The van der Waals surface area contributed by atoms with Crippen molar-refractivity contribution < 1.29 is 14.3 Å². The lowest BCUT2D eigenvalue weighted by Gasteiger charge is -2.17. The smallest absolute Gasteiger partial charge is 0.372 e. The summed E-state index contributed by atoms with van der Waals surface area (Å²) in [7, 11) is 0. The standard InChI is InChI=1S/C13H21NO3/c1-9-7-10(17-11(9)12(15)16)8-14-6-5-13(2,3)4/h7,14H,5-6,8H2,1-4H3,(H,15,16). The van der Waals surface area contributed by atoms with E-state index in [2.05, 4.69) is 26.1 Å². The first-order chi connectivity index (χ1) is 7.79. The highest BCUT2D eigenvalue weighted by Crippen LogP contribution is 2.17. The van der Waals surface area contributed by atoms with Crippen molar-refractivity contribution >= 4 is 5.97 Å². The Bertz CT molecular complexity index is 388. The second-order valence-electron chi connectivity index (χ2n) is 5.52. The Morgan fingerprint density at radius 3 is 2.59 bits per heavy atom. The Kier molecular flexibility index (Phi) is 4.34. The van der Waals surface area contributed by atoms with Gasteiger partial charge in [0.1, 0.15) is 5.76 Å². The van der Waals surface area contributed by atoms with Crippen LogP contribution in [0.3, 0.4) is 0 Å². The predicted molar refractivity (Wildman–Crippen MR) is 66.2 cm³/mol. The van der Waals surface area contributed by atoms with Crippen LogP contribution in [-0.4, -0.2) is 17.6 Å². The summed E-state index contributed by atoms with van der Waals surface area (Å²) in [6.45, 7) is 9.78. The Balaban J connectivity index is 2.43. The number of rotatable bonds is 5. The molecule has 0 amide bonds. The minimum absolute atomic E-state index is 0.0395. The summed E-state index contributed by atoms with van der Waals surface area (Å²) in [4.78, 5) is 10.8. The number of aryl methyl sites for hydroxylation is 1. The zero-order valence-electron chi connectivity index (χ0n) is 11.0. The van der Waals surface area contributed by atoms with E-state index in [1.807, 2.05) is 0 Å². The maximum absolute atomic E-state index is 10.8. The van der Waals surface area contributed by atoms with Gasteiger partial charge in [0.2, 0.25) is 5.76 Å². The molecule has 0 radical (unpaired) electrons. The van der Waals surface area contributed by atoms with Crippen LogP contribution in [0.2, 0.25) is 0 Å². The highest BCUT2D eigenvalue weighted by molar-refractivity contribution is 5.86. The molecule has 96 valence electrons. The van der Waals surface area contributed by atoms with Gasteiger partial charge in [0.15, 0.2) is 0 Å². The van der Waals surface area contributed by atoms with Gasteiger partial charge in [0.25, 0.3) is 0 Å². The molecule has 0 saturated heterocycles. The number of aromatic carboxylic acids is 1. The summed E-state index contributed by atoms with van der Waals surface area (Å²) in [5.41, 5.74) is 0.975. The zero-order valence-corrected chi connectivity index (χ0v) is 11.0. The maximum Gasteiger partial charge on any atom is 0.372 e. The minimum Gasteiger partial charge on any atom is -0.475 e. The molecule has 0 aromatic carbocycles. The Morgan fingerprint density at radius 2 is 2.12 bits per heavy atom. The summed E-state index contributed by atoms with van der Waals surface area (Å²) < 4.78 is 5.25. The fraction of sp³-hybridized carbons (Fsp3) is 0.615. The van der Waals surface area contributed by atoms with E-state index in [0.717, 1.165) is 13.0 Å². The molecule has 17 heavy (non-hydrogen) atoms. The molecule has 0 atom stereocenters. The third-order valence-corrected chi connectivity index (χ3v) is 2.51. The quantitative estimate of drug-likeness (QED) is 0.775. The molecule has 1 aromatic heterocycles. The first kappa shape index (κ1) is 13.8. The Labute approximate surface area is 102 Å². The predicted octanol–water partition coefficient (Wildman–Crippen LogP) is 2.81. The van der Waals surface area contributed by atoms with E-state index in [9.17, 15) is 4.79 Å². The molecule has 0 bridgehead atoms.